The van der Waals surface area contributed by atoms with Gasteiger partial charge in [-0.25, -0.2) is 9.97 Å². The summed E-state index contributed by atoms with van der Waals surface area (Å²) in [5.74, 6) is -1.41. The van der Waals surface area contributed by atoms with E-state index >= 15 is 0 Å². The molecule has 29 heavy (non-hydrogen) atoms. The molecule has 0 saturated carbocycles. The Morgan fingerprint density at radius 2 is 2.14 bits per heavy atom. The average molecular weight is 387 g/mol. The standard InChI is InChI=1S/C21H21N7O/c1-14-16(11-22)20(17(12-23)15(2)26-14)18-5-3-6-19(27-18)21(29)25-7-4-9-28-10-8-24-13-28/h3,5-6,8,10,13,16,20H,4,7,9H2,1-2H3,(H,25,29). The first-order valence-electron chi connectivity index (χ1n) is 9.31. The molecule has 1 N–H and O–H groups in total. The van der Waals surface area contributed by atoms with E-state index < -0.39 is 11.8 Å². The summed E-state index contributed by atoms with van der Waals surface area (Å²) in [6.07, 6.45) is 6.08. The van der Waals surface area contributed by atoms with E-state index in [-0.39, 0.29) is 11.6 Å². The molecule has 3 rings (SSSR count). The Labute approximate surface area is 169 Å². The fourth-order valence-corrected chi connectivity index (χ4v) is 3.39. The van der Waals surface area contributed by atoms with E-state index in [1.165, 1.54) is 0 Å². The van der Waals surface area contributed by atoms with Gasteiger partial charge in [0.05, 0.1) is 47.3 Å². The maximum atomic E-state index is 12.5. The second-order valence-corrected chi connectivity index (χ2v) is 6.81. The molecule has 0 fully saturated rings. The lowest BCUT2D eigenvalue weighted by Gasteiger charge is -2.26. The zero-order valence-electron chi connectivity index (χ0n) is 16.3. The number of nitrogens with zero attached hydrogens (tertiary/aromatic N) is 6. The maximum absolute atomic E-state index is 12.5. The summed E-state index contributed by atoms with van der Waals surface area (Å²) < 4.78 is 1.94. The number of carbonyl (C=O) groups excluding carboxylic acids is 1. The number of hydrogen-bond donors (Lipinski definition) is 1. The first kappa shape index (κ1) is 20.0. The Balaban J connectivity index is 1.74. The van der Waals surface area contributed by atoms with E-state index in [0.29, 0.717) is 29.2 Å². The number of nitrogens with one attached hydrogen (secondary N) is 1. The molecule has 3 heterocycles. The van der Waals surface area contributed by atoms with Crippen LogP contribution in [0.1, 0.15) is 42.4 Å². The quantitative estimate of drug-likeness (QED) is 0.764. The summed E-state index contributed by atoms with van der Waals surface area (Å²) in [5, 5.41) is 22.1. The van der Waals surface area contributed by atoms with Crippen LogP contribution >= 0.6 is 0 Å². The van der Waals surface area contributed by atoms with Gasteiger partial charge in [-0.05, 0) is 32.4 Å². The minimum Gasteiger partial charge on any atom is -0.351 e. The van der Waals surface area contributed by atoms with Crippen LogP contribution in [0.3, 0.4) is 0 Å². The second-order valence-electron chi connectivity index (χ2n) is 6.81. The van der Waals surface area contributed by atoms with Gasteiger partial charge in [-0.2, -0.15) is 10.5 Å². The lowest BCUT2D eigenvalue weighted by molar-refractivity contribution is 0.0947. The smallest absolute Gasteiger partial charge is 0.269 e. The molecular weight excluding hydrogens is 366 g/mol. The number of rotatable bonds is 6. The van der Waals surface area contributed by atoms with E-state index in [4.69, 9.17) is 0 Å². The average Bonchev–Trinajstić information content (AvgIpc) is 3.24. The number of aromatic nitrogens is 3. The summed E-state index contributed by atoms with van der Waals surface area (Å²) in [5.41, 5.74) is 2.42. The molecule has 146 valence electrons. The van der Waals surface area contributed by atoms with Crippen LogP contribution in [0.4, 0.5) is 0 Å². The molecule has 8 nitrogen and oxygen atoms in total. The van der Waals surface area contributed by atoms with Crippen molar-refractivity contribution in [3.8, 4) is 12.1 Å². The van der Waals surface area contributed by atoms with E-state index in [9.17, 15) is 15.3 Å². The Bertz CT molecular complexity index is 1040. The van der Waals surface area contributed by atoms with Crippen molar-refractivity contribution in [2.45, 2.75) is 32.7 Å². The second kappa shape index (κ2) is 8.94. The number of allylic oxidation sites excluding steroid dienone is 2. The molecule has 0 bridgehead atoms. The lowest BCUT2D eigenvalue weighted by Crippen LogP contribution is -2.28. The zero-order valence-corrected chi connectivity index (χ0v) is 16.3. The molecule has 1 amide bonds. The predicted molar refractivity (Wildman–Crippen MR) is 107 cm³/mol. The normalized spacial score (nSPS) is 18.6. The van der Waals surface area contributed by atoms with Crippen molar-refractivity contribution < 1.29 is 4.79 Å². The third kappa shape index (κ3) is 4.39. The highest BCUT2D eigenvalue weighted by atomic mass is 16.1. The van der Waals surface area contributed by atoms with Gasteiger partial charge in [0.25, 0.3) is 5.91 Å². The molecule has 2 unspecified atom stereocenters. The van der Waals surface area contributed by atoms with Crippen molar-refractivity contribution in [3.63, 3.8) is 0 Å². The fourth-order valence-electron chi connectivity index (χ4n) is 3.39. The molecule has 2 atom stereocenters. The molecule has 1 aliphatic heterocycles. The van der Waals surface area contributed by atoms with Crippen LogP contribution in [0.15, 0.2) is 53.2 Å². The Morgan fingerprint density at radius 3 is 2.83 bits per heavy atom. The molecule has 2 aromatic rings. The maximum Gasteiger partial charge on any atom is 0.269 e. The predicted octanol–water partition coefficient (Wildman–Crippen LogP) is 2.59. The molecule has 0 spiro atoms. The molecular formula is C21H21N7O. The van der Waals surface area contributed by atoms with Crippen LogP contribution in [-0.2, 0) is 6.54 Å². The number of nitriles is 2. The summed E-state index contributed by atoms with van der Waals surface area (Å²) >= 11 is 0. The first-order valence-corrected chi connectivity index (χ1v) is 9.31. The molecule has 0 radical (unpaired) electrons. The van der Waals surface area contributed by atoms with Gasteiger partial charge in [-0.3, -0.25) is 9.79 Å². The summed E-state index contributed by atoms with van der Waals surface area (Å²) in [7, 11) is 0. The SMILES string of the molecule is CC1=NC(C)=C(C#N)C(c2cccc(C(=O)NCCCn3ccnc3)n2)C1C#N. The van der Waals surface area contributed by atoms with Crippen molar-refractivity contribution in [3.05, 3.63) is 59.6 Å². The molecule has 8 heteroatoms. The van der Waals surface area contributed by atoms with Crippen molar-refractivity contribution in [2.75, 3.05) is 6.54 Å². The van der Waals surface area contributed by atoms with Crippen molar-refractivity contribution in [1.29, 1.82) is 10.5 Å². The summed E-state index contributed by atoms with van der Waals surface area (Å²) in [4.78, 5) is 25.3. The van der Waals surface area contributed by atoms with E-state index in [1.54, 1.807) is 44.6 Å². The minimum atomic E-state index is -0.589. The Kier molecular flexibility index (Phi) is 6.16. The van der Waals surface area contributed by atoms with Crippen molar-refractivity contribution in [2.24, 2.45) is 10.9 Å². The number of imidazole rings is 1. The van der Waals surface area contributed by atoms with Crippen LogP contribution in [0.2, 0.25) is 0 Å². The molecule has 1 aliphatic rings. The highest BCUT2D eigenvalue weighted by molar-refractivity contribution is 5.92. The summed E-state index contributed by atoms with van der Waals surface area (Å²) in [6.45, 7) is 4.78. The molecule has 0 saturated heterocycles. The minimum absolute atomic E-state index is 0.261. The first-order chi connectivity index (χ1) is 14.0. The van der Waals surface area contributed by atoms with Gasteiger partial charge in [-0.15, -0.1) is 0 Å². The van der Waals surface area contributed by atoms with E-state index in [0.717, 1.165) is 13.0 Å². The Morgan fingerprint density at radius 1 is 1.31 bits per heavy atom. The Hall–Kier alpha value is -3.78. The number of pyridine rings is 1. The van der Waals surface area contributed by atoms with E-state index in [2.05, 4.69) is 32.4 Å². The van der Waals surface area contributed by atoms with Crippen LogP contribution < -0.4 is 5.32 Å². The van der Waals surface area contributed by atoms with Crippen LogP contribution in [0.5, 0.6) is 0 Å². The van der Waals surface area contributed by atoms with Gasteiger partial charge in [0.15, 0.2) is 0 Å². The number of aryl methyl sites for hydroxylation is 1. The zero-order chi connectivity index (χ0) is 20.8. The number of hydrogen-bond acceptors (Lipinski definition) is 6. The number of carbonyl (C=O) groups is 1. The monoisotopic (exact) mass is 387 g/mol. The molecule has 2 aromatic heterocycles. The van der Waals surface area contributed by atoms with Gasteiger partial charge < -0.3 is 9.88 Å². The largest absolute Gasteiger partial charge is 0.351 e. The topological polar surface area (TPSA) is 120 Å². The number of aliphatic imine (C=N–C) groups is 1. The van der Waals surface area contributed by atoms with E-state index in [1.807, 2.05) is 10.8 Å². The molecule has 0 aromatic carbocycles. The van der Waals surface area contributed by atoms with Crippen LogP contribution in [0.25, 0.3) is 0 Å². The van der Waals surface area contributed by atoms with Crippen molar-refractivity contribution in [1.82, 2.24) is 19.9 Å². The lowest BCUT2D eigenvalue weighted by atomic mass is 9.79. The molecule has 0 aliphatic carbocycles. The van der Waals surface area contributed by atoms with Gasteiger partial charge in [0, 0.05) is 31.2 Å². The highest BCUT2D eigenvalue weighted by Gasteiger charge is 2.35. The number of amides is 1. The van der Waals surface area contributed by atoms with Crippen LogP contribution in [-0.4, -0.2) is 32.7 Å². The van der Waals surface area contributed by atoms with Gasteiger partial charge in [-0.1, -0.05) is 6.07 Å². The highest BCUT2D eigenvalue weighted by Crippen LogP contribution is 2.37. The van der Waals surface area contributed by atoms with Gasteiger partial charge in [0.2, 0.25) is 0 Å². The third-order valence-corrected chi connectivity index (χ3v) is 4.85. The third-order valence-electron chi connectivity index (χ3n) is 4.85. The van der Waals surface area contributed by atoms with Crippen molar-refractivity contribution >= 4 is 11.6 Å². The van der Waals surface area contributed by atoms with Crippen LogP contribution in [0, 0.1) is 28.6 Å². The fraction of sp³-hybridized carbons (Fsp3) is 0.333. The van der Waals surface area contributed by atoms with Gasteiger partial charge >= 0.3 is 0 Å². The van der Waals surface area contributed by atoms with Gasteiger partial charge in [0.1, 0.15) is 5.69 Å². The summed E-state index contributed by atoms with van der Waals surface area (Å²) in [6, 6.07) is 9.49.